The van der Waals surface area contributed by atoms with Crippen LogP contribution in [-0.2, 0) is 10.3 Å². The van der Waals surface area contributed by atoms with Crippen LogP contribution in [0.25, 0.3) is 10.9 Å². The van der Waals surface area contributed by atoms with Crippen LogP contribution in [0.4, 0.5) is 10.1 Å². The molecule has 0 unspecified atom stereocenters. The number of rotatable bonds is 3. The summed E-state index contributed by atoms with van der Waals surface area (Å²) in [5.74, 6) is -0.261. The fourth-order valence-corrected chi connectivity index (χ4v) is 7.91. The van der Waals surface area contributed by atoms with Gasteiger partial charge in [0.15, 0.2) is 0 Å². The highest BCUT2D eigenvalue weighted by atomic mass is 79.9. The Balaban J connectivity index is 1.45. The Morgan fingerprint density at radius 3 is 2.83 bits per heavy atom. The highest BCUT2D eigenvalue weighted by Gasteiger charge is 2.69. The molecule has 4 heterocycles. The Morgan fingerprint density at radius 1 is 1.20 bits per heavy atom. The van der Waals surface area contributed by atoms with Crippen LogP contribution in [0.2, 0.25) is 10.0 Å². The standard InChI is InChI=1S/C30H24BrCl2FN4O2/c1-14-9-22-18(11-20(14)31)28-38(36-22)27-24(13-40-28)37(12-15-5-6-15)30(25(27)17-3-2-4-21(33)26(17)34)19-8-7-16(32)10-23(19)35-29(30)39/h2-4,7-11,15,24-25,27H,5-6,12-13H2,1H3,(H,35,39)/t24-,25-,27+,30+/m0/s1. The molecule has 0 bridgehead atoms. The third-order valence-electron chi connectivity index (χ3n) is 9.10. The van der Waals surface area contributed by atoms with Gasteiger partial charge in [-0.25, -0.2) is 9.07 Å². The second-order valence-electron chi connectivity index (χ2n) is 11.4. The summed E-state index contributed by atoms with van der Waals surface area (Å²) >= 11 is 16.4. The Bertz CT molecular complexity index is 1760. The number of benzene rings is 3. The van der Waals surface area contributed by atoms with Crippen LogP contribution in [0.1, 0.15) is 41.5 Å². The zero-order valence-electron chi connectivity index (χ0n) is 21.4. The zero-order valence-corrected chi connectivity index (χ0v) is 24.5. The first kappa shape index (κ1) is 25.1. The highest BCUT2D eigenvalue weighted by molar-refractivity contribution is 9.10. The number of hydrogen-bond acceptors (Lipinski definition) is 4. The van der Waals surface area contributed by atoms with Crippen molar-refractivity contribution in [1.29, 1.82) is 0 Å². The Morgan fingerprint density at radius 2 is 2.02 bits per heavy atom. The first-order chi connectivity index (χ1) is 19.3. The predicted octanol–water partition coefficient (Wildman–Crippen LogP) is 7.21. The van der Waals surface area contributed by atoms with Crippen molar-refractivity contribution in [1.82, 2.24) is 14.7 Å². The summed E-state index contributed by atoms with van der Waals surface area (Å²) in [6, 6.07) is 13.9. The van der Waals surface area contributed by atoms with E-state index in [-0.39, 0.29) is 17.0 Å². The van der Waals surface area contributed by atoms with E-state index >= 15 is 4.39 Å². The molecular weight excluding hydrogens is 618 g/mol. The summed E-state index contributed by atoms with van der Waals surface area (Å²) in [7, 11) is 0. The molecule has 1 spiro atoms. The number of carbonyl (C=O) groups is 1. The molecule has 1 aliphatic carbocycles. The van der Waals surface area contributed by atoms with E-state index in [1.165, 1.54) is 0 Å². The lowest BCUT2D eigenvalue weighted by Crippen LogP contribution is -2.54. The number of anilines is 1. The molecule has 1 aromatic heterocycles. The van der Waals surface area contributed by atoms with Crippen molar-refractivity contribution in [3.63, 3.8) is 0 Å². The van der Waals surface area contributed by atoms with Crippen LogP contribution in [-0.4, -0.2) is 39.8 Å². The van der Waals surface area contributed by atoms with Crippen LogP contribution in [0.5, 0.6) is 5.88 Å². The molecule has 1 saturated carbocycles. The molecule has 204 valence electrons. The average Bonchev–Trinajstić information content (AvgIpc) is 3.53. The van der Waals surface area contributed by atoms with E-state index in [4.69, 9.17) is 33.0 Å². The number of ether oxygens (including phenoxy) is 1. The molecule has 10 heteroatoms. The van der Waals surface area contributed by atoms with Crippen molar-refractivity contribution < 1.29 is 13.9 Å². The minimum absolute atomic E-state index is 0.0250. The molecule has 4 aromatic rings. The largest absolute Gasteiger partial charge is 0.476 e. The van der Waals surface area contributed by atoms with Crippen LogP contribution in [0.3, 0.4) is 0 Å². The predicted molar refractivity (Wildman–Crippen MR) is 156 cm³/mol. The molecular formula is C30H24BrCl2FN4O2. The van der Waals surface area contributed by atoms with Gasteiger partial charge >= 0.3 is 0 Å². The van der Waals surface area contributed by atoms with E-state index in [1.807, 2.05) is 29.8 Å². The average molecular weight is 642 g/mol. The molecule has 1 amide bonds. The number of nitrogens with one attached hydrogen (secondary N) is 1. The lowest BCUT2D eigenvalue weighted by atomic mass is 9.73. The van der Waals surface area contributed by atoms with E-state index in [0.29, 0.717) is 41.2 Å². The van der Waals surface area contributed by atoms with Gasteiger partial charge in [-0.15, -0.1) is 0 Å². The molecule has 1 N–H and O–H groups in total. The fourth-order valence-electron chi connectivity index (χ4n) is 7.22. The Hall–Kier alpha value is -2.65. The molecule has 3 aromatic carbocycles. The molecule has 0 radical (unpaired) electrons. The maximum atomic E-state index is 16.1. The van der Waals surface area contributed by atoms with Gasteiger partial charge in [-0.1, -0.05) is 57.3 Å². The maximum Gasteiger partial charge on any atom is 0.250 e. The topological polar surface area (TPSA) is 59.4 Å². The van der Waals surface area contributed by atoms with Gasteiger partial charge in [-0.3, -0.25) is 9.69 Å². The summed E-state index contributed by atoms with van der Waals surface area (Å²) in [5.41, 5.74) is 2.47. The van der Waals surface area contributed by atoms with Gasteiger partial charge in [0.05, 0.1) is 28.0 Å². The van der Waals surface area contributed by atoms with Gasteiger partial charge in [0.25, 0.3) is 0 Å². The number of aryl methyl sites for hydroxylation is 1. The lowest BCUT2D eigenvalue weighted by Gasteiger charge is -2.39. The quantitative estimate of drug-likeness (QED) is 0.257. The smallest absolute Gasteiger partial charge is 0.250 e. The van der Waals surface area contributed by atoms with E-state index in [2.05, 4.69) is 26.1 Å². The van der Waals surface area contributed by atoms with Crippen molar-refractivity contribution in [2.24, 2.45) is 5.92 Å². The van der Waals surface area contributed by atoms with Crippen LogP contribution >= 0.6 is 39.1 Å². The Labute approximate surface area is 248 Å². The molecule has 4 aliphatic rings. The number of nitrogens with zero attached hydrogens (tertiary/aromatic N) is 3. The van der Waals surface area contributed by atoms with Crippen molar-refractivity contribution in [3.05, 3.63) is 85.6 Å². The first-order valence-electron chi connectivity index (χ1n) is 13.4. The summed E-state index contributed by atoms with van der Waals surface area (Å²) in [6.07, 6.45) is 2.20. The normalized spacial score (nSPS) is 27.0. The molecule has 40 heavy (non-hydrogen) atoms. The Kier molecular flexibility index (Phi) is 5.44. The SMILES string of the molecule is Cc1cc2nn3c(c2cc1Br)OC[C@H]1[C@@H]3[C@H](c2cccc(Cl)c2F)[C@]2(C(=O)Nc3cc(Cl)ccc32)N1CC1CC1. The lowest BCUT2D eigenvalue weighted by molar-refractivity contribution is -0.128. The summed E-state index contributed by atoms with van der Waals surface area (Å²) in [5, 5.41) is 9.57. The third kappa shape index (κ3) is 3.30. The molecule has 6 nitrogen and oxygen atoms in total. The summed E-state index contributed by atoms with van der Waals surface area (Å²) < 4.78 is 25.5. The monoisotopic (exact) mass is 640 g/mol. The molecule has 1 saturated heterocycles. The highest BCUT2D eigenvalue weighted by Crippen LogP contribution is 2.63. The van der Waals surface area contributed by atoms with Gasteiger partial charge in [0.1, 0.15) is 18.0 Å². The van der Waals surface area contributed by atoms with Gasteiger partial charge in [-0.2, -0.15) is 5.10 Å². The maximum absolute atomic E-state index is 16.1. The number of amides is 1. The van der Waals surface area contributed by atoms with Gasteiger partial charge in [0, 0.05) is 33.2 Å². The van der Waals surface area contributed by atoms with Crippen LogP contribution in [0, 0.1) is 18.7 Å². The molecule has 2 fully saturated rings. The summed E-state index contributed by atoms with van der Waals surface area (Å²) in [4.78, 5) is 16.7. The van der Waals surface area contributed by atoms with E-state index in [9.17, 15) is 4.79 Å². The van der Waals surface area contributed by atoms with Crippen LogP contribution in [0.15, 0.2) is 53.0 Å². The van der Waals surface area contributed by atoms with Crippen molar-refractivity contribution in [2.75, 3.05) is 18.5 Å². The van der Waals surface area contributed by atoms with Gasteiger partial charge < -0.3 is 10.1 Å². The molecule has 3 aliphatic heterocycles. The van der Waals surface area contributed by atoms with Crippen molar-refractivity contribution >= 4 is 61.6 Å². The number of halogens is 4. The van der Waals surface area contributed by atoms with Gasteiger partial charge in [0.2, 0.25) is 11.8 Å². The number of fused-ring (bicyclic) bond motifs is 7. The van der Waals surface area contributed by atoms with Gasteiger partial charge in [-0.05, 0) is 67.1 Å². The van der Waals surface area contributed by atoms with E-state index in [1.54, 1.807) is 30.3 Å². The minimum Gasteiger partial charge on any atom is -0.476 e. The van der Waals surface area contributed by atoms with Crippen molar-refractivity contribution in [3.8, 4) is 5.88 Å². The second kappa shape index (κ2) is 8.68. The third-order valence-corrected chi connectivity index (χ3v) is 10.5. The van der Waals surface area contributed by atoms with E-state index in [0.717, 1.165) is 39.3 Å². The fraction of sp³-hybridized carbons (Fsp3) is 0.333. The number of hydrogen-bond donors (Lipinski definition) is 1. The first-order valence-corrected chi connectivity index (χ1v) is 15.0. The molecule has 4 atom stereocenters. The minimum atomic E-state index is -1.21. The number of aromatic nitrogens is 2. The van der Waals surface area contributed by atoms with E-state index < -0.39 is 23.3 Å². The molecule has 8 rings (SSSR count). The zero-order chi connectivity index (χ0) is 27.5. The van der Waals surface area contributed by atoms with Crippen LogP contribution < -0.4 is 10.1 Å². The number of likely N-dealkylation sites (tertiary alicyclic amines) is 1. The number of carbonyl (C=O) groups excluding carboxylic acids is 1. The summed E-state index contributed by atoms with van der Waals surface area (Å²) in [6.45, 7) is 3.06. The second-order valence-corrected chi connectivity index (χ2v) is 13.1. The van der Waals surface area contributed by atoms with Crippen molar-refractivity contribution in [2.45, 2.75) is 43.3 Å².